The van der Waals surface area contributed by atoms with E-state index in [1.807, 2.05) is 31.2 Å². The third-order valence-corrected chi connectivity index (χ3v) is 9.39. The van der Waals surface area contributed by atoms with Gasteiger partial charge in [-0.15, -0.1) is 0 Å². The lowest BCUT2D eigenvalue weighted by molar-refractivity contribution is -0.136. The van der Waals surface area contributed by atoms with Crippen LogP contribution in [0.25, 0.3) is 33.2 Å². The fourth-order valence-corrected chi connectivity index (χ4v) is 6.91. The van der Waals surface area contributed by atoms with Crippen molar-refractivity contribution in [3.63, 3.8) is 0 Å². The molecule has 2 N–H and O–H groups in total. The monoisotopic (exact) mass is 591 g/mol. The number of aromatic nitrogens is 3. The highest BCUT2D eigenvalue weighted by molar-refractivity contribution is 6.05. The molecule has 1 fully saturated rings. The fourth-order valence-electron chi connectivity index (χ4n) is 6.91. The van der Waals surface area contributed by atoms with Crippen LogP contribution in [0.2, 0.25) is 0 Å². The molecule has 1 saturated heterocycles. The van der Waals surface area contributed by atoms with Gasteiger partial charge in [-0.3, -0.25) is 9.78 Å². The van der Waals surface area contributed by atoms with E-state index in [9.17, 15) is 15.0 Å². The maximum atomic E-state index is 12.0. The van der Waals surface area contributed by atoms with Crippen LogP contribution < -0.4 is 9.80 Å². The number of benzene rings is 2. The molecule has 2 aromatic carbocycles. The number of anilines is 2. The molecule has 44 heavy (non-hydrogen) atoms. The number of aryl methyl sites for hydroxylation is 1. The zero-order valence-electron chi connectivity index (χ0n) is 25.4. The summed E-state index contributed by atoms with van der Waals surface area (Å²) < 4.78 is 6.22. The van der Waals surface area contributed by atoms with Crippen LogP contribution in [-0.2, 0) is 30.8 Å². The molecule has 5 heterocycles. The number of aliphatic hydroxyl groups is 1. The molecule has 226 valence electrons. The van der Waals surface area contributed by atoms with Gasteiger partial charge in [0.05, 0.1) is 24.4 Å². The van der Waals surface area contributed by atoms with E-state index in [1.54, 1.807) is 6.33 Å². The Bertz CT molecular complexity index is 1900. The Hall–Kier alpha value is -4.50. The van der Waals surface area contributed by atoms with E-state index in [0.29, 0.717) is 23.4 Å². The predicted octanol–water partition coefficient (Wildman–Crippen LogP) is 6.05. The van der Waals surface area contributed by atoms with Crippen molar-refractivity contribution in [2.24, 2.45) is 5.41 Å². The topological polar surface area (TPSA) is 116 Å². The third kappa shape index (κ3) is 4.95. The van der Waals surface area contributed by atoms with E-state index in [4.69, 9.17) is 9.40 Å². The molecule has 0 aliphatic carbocycles. The zero-order chi connectivity index (χ0) is 30.6. The van der Waals surface area contributed by atoms with E-state index in [-0.39, 0.29) is 18.4 Å². The quantitative estimate of drug-likeness (QED) is 0.243. The highest BCUT2D eigenvalue weighted by Crippen LogP contribution is 2.43. The van der Waals surface area contributed by atoms with Gasteiger partial charge in [0.15, 0.2) is 11.4 Å². The number of aliphatic carboxylic acids is 1. The van der Waals surface area contributed by atoms with Crippen molar-refractivity contribution in [3.05, 3.63) is 76.9 Å². The van der Waals surface area contributed by atoms with Gasteiger partial charge >= 0.3 is 5.97 Å². The number of furan rings is 1. The number of nitrogens with zero attached hydrogens (tertiary/aromatic N) is 5. The van der Waals surface area contributed by atoms with Gasteiger partial charge in [-0.2, -0.15) is 0 Å². The van der Waals surface area contributed by atoms with E-state index < -0.39 is 5.97 Å². The predicted molar refractivity (Wildman–Crippen MR) is 171 cm³/mol. The second kappa shape index (κ2) is 10.9. The van der Waals surface area contributed by atoms with Crippen molar-refractivity contribution in [2.75, 3.05) is 29.4 Å². The van der Waals surface area contributed by atoms with Crippen LogP contribution in [0.1, 0.15) is 54.8 Å². The number of fused-ring (bicyclic) bond motifs is 4. The van der Waals surface area contributed by atoms with Crippen LogP contribution in [0.5, 0.6) is 0 Å². The molecule has 0 amide bonds. The Kier molecular flexibility index (Phi) is 7.00. The van der Waals surface area contributed by atoms with Crippen LogP contribution in [-0.4, -0.2) is 50.8 Å². The van der Waals surface area contributed by atoms with Crippen LogP contribution >= 0.6 is 0 Å². The van der Waals surface area contributed by atoms with Crippen molar-refractivity contribution in [2.45, 2.75) is 59.6 Å². The number of pyridine rings is 1. The second-order valence-electron chi connectivity index (χ2n) is 12.9. The van der Waals surface area contributed by atoms with E-state index in [0.717, 1.165) is 83.7 Å². The molecule has 5 aromatic rings. The molecule has 2 aliphatic rings. The molecule has 2 aliphatic heterocycles. The minimum absolute atomic E-state index is 0.180. The summed E-state index contributed by atoms with van der Waals surface area (Å²) >= 11 is 0. The largest absolute Gasteiger partial charge is 0.481 e. The summed E-state index contributed by atoms with van der Waals surface area (Å²) in [5.41, 5.74) is 9.80. The molecule has 0 spiro atoms. The Morgan fingerprint density at radius 3 is 2.59 bits per heavy atom. The molecule has 0 radical (unpaired) electrons. The minimum Gasteiger partial charge on any atom is -0.481 e. The Labute approximate surface area is 256 Å². The van der Waals surface area contributed by atoms with E-state index >= 15 is 0 Å². The fraction of sp³-hybridized carbons (Fsp3) is 0.371. The standard InChI is InChI=1S/C35H37N5O4/c1-21-30(32(39-14-11-35(2,3)12-15-39)26(17-29(42)43)27(19-41)38-21)23-8-9-24-18-40(13-10-22(24)16-23)34-33-31(36-20-37-34)25-6-4-5-7-28(25)44-33/h4-9,16,20,41H,10-15,17-19H2,1-3H3,(H,42,43). The minimum atomic E-state index is -0.927. The van der Waals surface area contributed by atoms with Crippen LogP contribution in [0.3, 0.4) is 0 Å². The lowest BCUT2D eigenvalue weighted by Crippen LogP contribution is -2.38. The number of aliphatic hydroxyl groups excluding tert-OH is 1. The van der Waals surface area contributed by atoms with E-state index in [2.05, 4.69) is 51.8 Å². The van der Waals surface area contributed by atoms with Crippen LogP contribution in [0.4, 0.5) is 11.5 Å². The summed E-state index contributed by atoms with van der Waals surface area (Å²) in [6.07, 6.45) is 4.28. The normalized spacial score (nSPS) is 16.5. The smallest absolute Gasteiger partial charge is 0.307 e. The highest BCUT2D eigenvalue weighted by atomic mass is 16.4. The number of carbonyl (C=O) groups is 1. The molecular weight excluding hydrogens is 554 g/mol. The summed E-state index contributed by atoms with van der Waals surface area (Å²) in [5, 5.41) is 21.1. The first-order valence-corrected chi connectivity index (χ1v) is 15.3. The lowest BCUT2D eigenvalue weighted by atomic mass is 9.81. The Morgan fingerprint density at radius 2 is 1.82 bits per heavy atom. The number of carboxylic acids is 1. The van der Waals surface area contributed by atoms with Gasteiger partial charge in [-0.1, -0.05) is 44.2 Å². The number of hydrogen-bond acceptors (Lipinski definition) is 8. The van der Waals surface area contributed by atoms with Gasteiger partial charge in [0.1, 0.15) is 17.4 Å². The number of para-hydroxylation sites is 1. The number of carboxylic acid groups (broad SMARTS) is 1. The molecule has 0 unspecified atom stereocenters. The second-order valence-corrected chi connectivity index (χ2v) is 12.9. The SMILES string of the molecule is Cc1nc(CO)c(CC(=O)O)c(N2CCC(C)(C)CC2)c1-c1ccc2c(c1)CCN(c1ncnc3c1oc1ccccc13)C2. The molecule has 9 nitrogen and oxygen atoms in total. The van der Waals surface area contributed by atoms with Crippen LogP contribution in [0, 0.1) is 12.3 Å². The first-order chi connectivity index (χ1) is 21.2. The first kappa shape index (κ1) is 28.3. The molecule has 7 rings (SSSR count). The van der Waals surface area contributed by atoms with Crippen molar-refractivity contribution >= 4 is 39.5 Å². The molecule has 3 aromatic heterocycles. The van der Waals surface area contributed by atoms with Crippen molar-refractivity contribution < 1.29 is 19.4 Å². The van der Waals surface area contributed by atoms with Crippen molar-refractivity contribution in [3.8, 4) is 11.1 Å². The summed E-state index contributed by atoms with van der Waals surface area (Å²) in [6, 6.07) is 14.5. The molecule has 9 heteroatoms. The first-order valence-electron chi connectivity index (χ1n) is 15.3. The van der Waals surface area contributed by atoms with Gasteiger partial charge < -0.3 is 24.4 Å². The van der Waals surface area contributed by atoms with Crippen molar-refractivity contribution in [1.82, 2.24) is 15.0 Å². The average Bonchev–Trinajstić information content (AvgIpc) is 3.40. The Balaban J connectivity index is 1.27. The Morgan fingerprint density at radius 1 is 1.02 bits per heavy atom. The number of rotatable bonds is 6. The van der Waals surface area contributed by atoms with Crippen LogP contribution in [0.15, 0.2) is 53.2 Å². The third-order valence-electron chi connectivity index (χ3n) is 9.39. The summed E-state index contributed by atoms with van der Waals surface area (Å²) in [5.74, 6) is -0.127. The average molecular weight is 592 g/mol. The lowest BCUT2D eigenvalue weighted by Gasteiger charge is -2.40. The zero-order valence-corrected chi connectivity index (χ0v) is 25.4. The molecule has 0 saturated carbocycles. The summed E-state index contributed by atoms with van der Waals surface area (Å²) in [4.78, 5) is 30.5. The summed E-state index contributed by atoms with van der Waals surface area (Å²) in [6.45, 7) is 9.37. The van der Waals surface area contributed by atoms with Gasteiger partial charge in [0.2, 0.25) is 0 Å². The van der Waals surface area contributed by atoms with Crippen molar-refractivity contribution in [1.29, 1.82) is 0 Å². The van der Waals surface area contributed by atoms with Gasteiger partial charge in [-0.25, -0.2) is 9.97 Å². The molecule has 0 atom stereocenters. The highest BCUT2D eigenvalue weighted by Gasteiger charge is 2.31. The molecular formula is C35H37N5O4. The van der Waals surface area contributed by atoms with E-state index in [1.165, 1.54) is 11.1 Å². The van der Waals surface area contributed by atoms with Gasteiger partial charge in [0.25, 0.3) is 0 Å². The van der Waals surface area contributed by atoms with Gasteiger partial charge in [-0.05, 0) is 60.4 Å². The van der Waals surface area contributed by atoms with Gasteiger partial charge in [0, 0.05) is 48.4 Å². The number of hydrogen-bond donors (Lipinski definition) is 2. The maximum Gasteiger partial charge on any atom is 0.307 e. The molecule has 0 bridgehead atoms. The summed E-state index contributed by atoms with van der Waals surface area (Å²) in [7, 11) is 0. The number of piperidine rings is 1. The maximum absolute atomic E-state index is 12.0.